The Balaban J connectivity index is 1.21. The number of fused-ring (bicyclic) bond motifs is 3. The normalized spacial score (nSPS) is 11.8. The average Bonchev–Trinajstić information content (AvgIpc) is 2.96. The molecule has 0 fully saturated rings. The van der Waals surface area contributed by atoms with E-state index < -0.39 is 7.60 Å². The first-order valence-electron chi connectivity index (χ1n) is 14.4. The van der Waals surface area contributed by atoms with E-state index in [-0.39, 0.29) is 6.16 Å². The van der Waals surface area contributed by atoms with E-state index >= 15 is 0 Å². The van der Waals surface area contributed by atoms with Gasteiger partial charge in [-0.15, -0.1) is 0 Å². The highest BCUT2D eigenvalue weighted by molar-refractivity contribution is 7.53. The Kier molecular flexibility index (Phi) is 9.22. The van der Waals surface area contributed by atoms with Crippen LogP contribution in [0, 0.1) is 13.8 Å². The number of rotatable bonds is 12. The van der Waals surface area contributed by atoms with Crippen LogP contribution in [0.1, 0.15) is 47.2 Å². The van der Waals surface area contributed by atoms with E-state index in [9.17, 15) is 4.57 Å². The maximum Gasteiger partial charge on any atom is 0.335 e. The molecule has 2 aromatic heterocycles. The SMILES string of the molecule is CCOP(=O)(Cc1ccc(COc2ccc(CCc3cnc4c(N)nc5cc(C)ccc5c4c3)c(C)c2)cc1)OCC. The zero-order valence-corrected chi connectivity index (χ0v) is 25.6. The Morgan fingerprint density at radius 2 is 1.55 bits per heavy atom. The first-order valence-corrected chi connectivity index (χ1v) is 16.1. The molecule has 3 aromatic carbocycles. The van der Waals surface area contributed by atoms with Crippen LogP contribution in [0.3, 0.4) is 0 Å². The number of nitrogens with two attached hydrogens (primary N) is 1. The smallest absolute Gasteiger partial charge is 0.335 e. The van der Waals surface area contributed by atoms with Gasteiger partial charge in [0.2, 0.25) is 0 Å². The largest absolute Gasteiger partial charge is 0.489 e. The minimum Gasteiger partial charge on any atom is -0.489 e. The van der Waals surface area contributed by atoms with Crippen molar-refractivity contribution < 1.29 is 18.3 Å². The second-order valence-electron chi connectivity index (χ2n) is 10.6. The van der Waals surface area contributed by atoms with E-state index in [1.807, 2.05) is 50.4 Å². The number of hydrogen-bond donors (Lipinski definition) is 1. The van der Waals surface area contributed by atoms with Gasteiger partial charge in [0, 0.05) is 17.0 Å². The molecular formula is C34H38N3O4P. The van der Waals surface area contributed by atoms with Crippen molar-refractivity contribution in [3.8, 4) is 5.75 Å². The fraction of sp³-hybridized carbons (Fsp3) is 0.294. The second-order valence-corrected chi connectivity index (χ2v) is 12.6. The second kappa shape index (κ2) is 13.0. The van der Waals surface area contributed by atoms with Crippen molar-refractivity contribution in [3.05, 3.63) is 106 Å². The van der Waals surface area contributed by atoms with Crippen LogP contribution in [0.25, 0.3) is 21.8 Å². The Hall–Kier alpha value is -3.77. The molecule has 8 heteroatoms. The van der Waals surface area contributed by atoms with Crippen molar-refractivity contribution in [3.63, 3.8) is 0 Å². The summed E-state index contributed by atoms with van der Waals surface area (Å²) in [6.07, 6.45) is 3.93. The van der Waals surface area contributed by atoms with Crippen LogP contribution in [0.5, 0.6) is 5.75 Å². The van der Waals surface area contributed by atoms with E-state index in [4.69, 9.17) is 19.5 Å². The molecule has 5 rings (SSSR count). The molecule has 0 spiro atoms. The molecule has 42 heavy (non-hydrogen) atoms. The summed E-state index contributed by atoms with van der Waals surface area (Å²) >= 11 is 0. The van der Waals surface area contributed by atoms with Crippen LogP contribution in [0.15, 0.2) is 72.9 Å². The van der Waals surface area contributed by atoms with E-state index in [2.05, 4.69) is 60.2 Å². The van der Waals surface area contributed by atoms with Crippen molar-refractivity contribution in [2.24, 2.45) is 0 Å². The molecule has 5 aromatic rings. The van der Waals surface area contributed by atoms with Crippen LogP contribution >= 0.6 is 7.60 Å². The first-order chi connectivity index (χ1) is 20.3. The molecule has 2 heterocycles. The number of pyridine rings is 2. The maximum atomic E-state index is 12.8. The molecule has 0 saturated carbocycles. The molecular weight excluding hydrogens is 545 g/mol. The zero-order valence-electron chi connectivity index (χ0n) is 24.7. The monoisotopic (exact) mass is 583 g/mol. The summed E-state index contributed by atoms with van der Waals surface area (Å²) in [6.45, 7) is 8.97. The highest BCUT2D eigenvalue weighted by atomic mass is 31.2. The lowest BCUT2D eigenvalue weighted by Crippen LogP contribution is -2.01. The molecule has 0 aliphatic heterocycles. The van der Waals surface area contributed by atoms with Gasteiger partial charge in [0.05, 0.1) is 24.9 Å². The molecule has 2 N–H and O–H groups in total. The van der Waals surface area contributed by atoms with Gasteiger partial charge in [-0.05, 0) is 98.2 Å². The summed E-state index contributed by atoms with van der Waals surface area (Å²) in [7, 11) is -3.12. The number of ether oxygens (including phenoxy) is 1. The average molecular weight is 584 g/mol. The summed E-state index contributed by atoms with van der Waals surface area (Å²) in [5.74, 6) is 1.29. The third-order valence-electron chi connectivity index (χ3n) is 7.32. The molecule has 0 unspecified atom stereocenters. The summed E-state index contributed by atoms with van der Waals surface area (Å²) in [5, 5.41) is 2.11. The summed E-state index contributed by atoms with van der Waals surface area (Å²) in [6, 6.07) is 22.6. The van der Waals surface area contributed by atoms with Crippen LogP contribution in [0.4, 0.5) is 5.82 Å². The van der Waals surface area contributed by atoms with Gasteiger partial charge in [-0.25, -0.2) is 4.98 Å². The molecule has 7 nitrogen and oxygen atoms in total. The molecule has 0 amide bonds. The highest BCUT2D eigenvalue weighted by Gasteiger charge is 2.23. The van der Waals surface area contributed by atoms with Crippen molar-refractivity contribution >= 4 is 35.2 Å². The minimum absolute atomic E-state index is 0.257. The minimum atomic E-state index is -3.12. The fourth-order valence-electron chi connectivity index (χ4n) is 5.17. The van der Waals surface area contributed by atoms with Crippen LogP contribution < -0.4 is 10.5 Å². The number of aryl methyl sites for hydroxylation is 4. The lowest BCUT2D eigenvalue weighted by molar-refractivity contribution is 0.219. The molecule has 0 atom stereocenters. The van der Waals surface area contributed by atoms with E-state index in [1.54, 1.807) is 0 Å². The van der Waals surface area contributed by atoms with Gasteiger partial charge in [0.15, 0.2) is 5.82 Å². The number of benzene rings is 3. The van der Waals surface area contributed by atoms with Gasteiger partial charge < -0.3 is 19.5 Å². The number of hydrogen-bond acceptors (Lipinski definition) is 7. The molecule has 0 radical (unpaired) electrons. The van der Waals surface area contributed by atoms with Crippen molar-refractivity contribution in [1.29, 1.82) is 0 Å². The topological polar surface area (TPSA) is 96.6 Å². The zero-order chi connectivity index (χ0) is 29.7. The summed E-state index contributed by atoms with van der Waals surface area (Å²) in [5.41, 5.74) is 14.6. The lowest BCUT2D eigenvalue weighted by Gasteiger charge is -2.17. The van der Waals surface area contributed by atoms with Gasteiger partial charge >= 0.3 is 7.60 Å². The van der Waals surface area contributed by atoms with E-state index in [1.165, 1.54) is 11.1 Å². The summed E-state index contributed by atoms with van der Waals surface area (Å²) in [4.78, 5) is 9.22. The van der Waals surface area contributed by atoms with Gasteiger partial charge in [0.25, 0.3) is 0 Å². The quantitative estimate of drug-likeness (QED) is 0.117. The molecule has 0 aliphatic rings. The standard InChI is InChI=1S/C34H38N3O4P/c1-5-40-42(38,41-6-2)22-26-10-8-25(9-11-26)21-39-29-15-14-28(24(4)18-29)13-12-27-19-31-30-16-7-23(3)17-32(30)37-34(35)33(31)36-20-27/h7-11,14-20H,5-6,12-13,21-22H2,1-4H3,(H2,35,37). The Morgan fingerprint density at radius 3 is 2.26 bits per heavy atom. The third-order valence-corrected chi connectivity index (χ3v) is 9.38. The van der Waals surface area contributed by atoms with Gasteiger partial charge in [-0.3, -0.25) is 9.55 Å². The molecule has 218 valence electrons. The fourth-order valence-corrected chi connectivity index (χ4v) is 6.87. The van der Waals surface area contributed by atoms with Crippen LogP contribution in [-0.2, 0) is 39.2 Å². The van der Waals surface area contributed by atoms with E-state index in [0.717, 1.165) is 62.7 Å². The number of nitrogen functional groups attached to an aromatic ring is 1. The van der Waals surface area contributed by atoms with Crippen molar-refractivity contribution in [2.75, 3.05) is 18.9 Å². The Bertz CT molecular complexity index is 1740. The number of nitrogens with zero attached hydrogens (tertiary/aromatic N) is 2. The number of aromatic nitrogens is 2. The number of anilines is 1. The van der Waals surface area contributed by atoms with Gasteiger partial charge in [-0.2, -0.15) is 0 Å². The van der Waals surface area contributed by atoms with E-state index in [0.29, 0.717) is 25.6 Å². The van der Waals surface area contributed by atoms with Gasteiger partial charge in [0.1, 0.15) is 17.9 Å². The van der Waals surface area contributed by atoms with Crippen LogP contribution in [0.2, 0.25) is 0 Å². The maximum absolute atomic E-state index is 12.8. The lowest BCUT2D eigenvalue weighted by atomic mass is 9.99. The predicted molar refractivity (Wildman–Crippen MR) is 170 cm³/mol. The molecule has 0 aliphatic carbocycles. The van der Waals surface area contributed by atoms with Crippen LogP contribution in [-0.4, -0.2) is 23.2 Å². The van der Waals surface area contributed by atoms with Crippen molar-refractivity contribution in [1.82, 2.24) is 9.97 Å². The Labute approximate surface area is 247 Å². The van der Waals surface area contributed by atoms with Crippen molar-refractivity contribution in [2.45, 2.75) is 53.3 Å². The van der Waals surface area contributed by atoms with Gasteiger partial charge in [-0.1, -0.05) is 42.5 Å². The molecule has 0 saturated heterocycles. The first kappa shape index (κ1) is 29.7. The molecule has 0 bridgehead atoms. The highest BCUT2D eigenvalue weighted by Crippen LogP contribution is 2.51. The predicted octanol–water partition coefficient (Wildman–Crippen LogP) is 8.11. The Morgan fingerprint density at radius 1 is 0.810 bits per heavy atom. The summed E-state index contributed by atoms with van der Waals surface area (Å²) < 4.78 is 29.7. The third kappa shape index (κ3) is 6.99.